The summed E-state index contributed by atoms with van der Waals surface area (Å²) in [5, 5.41) is 19.8. The second kappa shape index (κ2) is 8.65. The number of rotatable bonds is 6. The summed E-state index contributed by atoms with van der Waals surface area (Å²) in [5.41, 5.74) is 0.786. The van der Waals surface area contributed by atoms with Gasteiger partial charge in [0, 0.05) is 45.0 Å². The summed E-state index contributed by atoms with van der Waals surface area (Å²) in [6.07, 6.45) is 1.53. The minimum atomic E-state index is -3.54. The van der Waals surface area contributed by atoms with E-state index in [2.05, 4.69) is 10.2 Å². The van der Waals surface area contributed by atoms with Crippen LogP contribution in [0.15, 0.2) is 69.8 Å². The Labute approximate surface area is 183 Å². The second-order valence-corrected chi connectivity index (χ2v) is 9.89. The van der Waals surface area contributed by atoms with Crippen LogP contribution < -0.4 is 4.90 Å². The van der Waals surface area contributed by atoms with Gasteiger partial charge in [0.05, 0.1) is 14.7 Å². The van der Waals surface area contributed by atoms with Gasteiger partial charge in [-0.2, -0.15) is 4.31 Å². The first kappa shape index (κ1) is 21.3. The molecule has 3 aromatic rings. The van der Waals surface area contributed by atoms with Crippen LogP contribution in [0, 0.1) is 10.1 Å². The number of anilines is 1. The van der Waals surface area contributed by atoms with Crippen LogP contribution in [0.2, 0.25) is 0 Å². The molecule has 1 fully saturated rings. The summed E-state index contributed by atoms with van der Waals surface area (Å²) in [5.74, 6) is 0. The number of aryl methyl sites for hydroxylation is 1. The van der Waals surface area contributed by atoms with Crippen LogP contribution in [-0.2, 0) is 17.1 Å². The second-order valence-electron chi connectivity index (χ2n) is 6.94. The highest BCUT2D eigenvalue weighted by Gasteiger charge is 2.29. The molecular formula is C19H20N6O4S2. The number of aromatic nitrogens is 3. The highest BCUT2D eigenvalue weighted by Crippen LogP contribution is 2.36. The zero-order valence-electron chi connectivity index (χ0n) is 16.7. The van der Waals surface area contributed by atoms with Crippen LogP contribution in [0.5, 0.6) is 0 Å². The van der Waals surface area contributed by atoms with E-state index in [9.17, 15) is 18.5 Å². The first-order valence-corrected chi connectivity index (χ1v) is 11.7. The Morgan fingerprint density at radius 1 is 1.06 bits per heavy atom. The van der Waals surface area contributed by atoms with Crippen molar-refractivity contribution >= 4 is 33.2 Å². The van der Waals surface area contributed by atoms with Crippen molar-refractivity contribution in [1.29, 1.82) is 0 Å². The van der Waals surface area contributed by atoms with Gasteiger partial charge in [0.15, 0.2) is 5.16 Å². The monoisotopic (exact) mass is 460 g/mol. The number of nitro groups is 1. The molecule has 0 saturated carbocycles. The van der Waals surface area contributed by atoms with E-state index in [1.807, 2.05) is 4.90 Å². The summed E-state index contributed by atoms with van der Waals surface area (Å²) in [4.78, 5) is 13.8. The van der Waals surface area contributed by atoms with Crippen LogP contribution in [0.3, 0.4) is 0 Å². The Balaban J connectivity index is 1.53. The largest absolute Gasteiger partial charge is 0.369 e. The van der Waals surface area contributed by atoms with Gasteiger partial charge in [0.2, 0.25) is 10.0 Å². The smallest absolute Gasteiger partial charge is 0.283 e. The van der Waals surface area contributed by atoms with Crippen molar-refractivity contribution in [3.63, 3.8) is 0 Å². The van der Waals surface area contributed by atoms with E-state index in [-0.39, 0.29) is 10.6 Å². The highest BCUT2D eigenvalue weighted by atomic mass is 32.2. The molecule has 0 spiro atoms. The minimum absolute atomic E-state index is 0.0120. The normalized spacial score (nSPS) is 15.2. The lowest BCUT2D eigenvalue weighted by atomic mass is 10.2. The van der Waals surface area contributed by atoms with E-state index < -0.39 is 14.9 Å². The maximum absolute atomic E-state index is 12.8. The number of nitrogens with zero attached hydrogens (tertiary/aromatic N) is 6. The van der Waals surface area contributed by atoms with Gasteiger partial charge in [-0.05, 0) is 36.0 Å². The zero-order chi connectivity index (χ0) is 22.0. The average Bonchev–Trinajstić information content (AvgIpc) is 3.18. The van der Waals surface area contributed by atoms with Gasteiger partial charge < -0.3 is 9.47 Å². The molecule has 12 heteroatoms. The van der Waals surface area contributed by atoms with Crippen molar-refractivity contribution < 1.29 is 13.3 Å². The predicted octanol–water partition coefficient (Wildman–Crippen LogP) is 2.39. The molecule has 0 amide bonds. The Kier molecular flexibility index (Phi) is 5.94. The van der Waals surface area contributed by atoms with Crippen LogP contribution in [-0.4, -0.2) is 58.6 Å². The van der Waals surface area contributed by atoms with Crippen LogP contribution in [0.4, 0.5) is 11.4 Å². The van der Waals surface area contributed by atoms with Crippen molar-refractivity contribution in [3.8, 4) is 0 Å². The Morgan fingerprint density at radius 2 is 1.77 bits per heavy atom. The number of sulfonamides is 1. The van der Waals surface area contributed by atoms with E-state index in [4.69, 9.17) is 0 Å². The van der Waals surface area contributed by atoms with Gasteiger partial charge in [-0.1, -0.05) is 18.2 Å². The molecule has 0 bridgehead atoms. The molecule has 2 aromatic carbocycles. The lowest BCUT2D eigenvalue weighted by Crippen LogP contribution is -2.48. The lowest BCUT2D eigenvalue weighted by Gasteiger charge is -2.35. The predicted molar refractivity (Wildman–Crippen MR) is 116 cm³/mol. The fourth-order valence-corrected chi connectivity index (χ4v) is 5.67. The van der Waals surface area contributed by atoms with Crippen molar-refractivity contribution in [3.05, 3.63) is 65.0 Å². The fourth-order valence-electron chi connectivity index (χ4n) is 3.32. The van der Waals surface area contributed by atoms with Crippen molar-refractivity contribution in [2.75, 3.05) is 31.1 Å². The first-order valence-electron chi connectivity index (χ1n) is 9.47. The zero-order valence-corrected chi connectivity index (χ0v) is 18.3. The molecule has 2 heterocycles. The van der Waals surface area contributed by atoms with Gasteiger partial charge >= 0.3 is 0 Å². The number of piperazine rings is 1. The lowest BCUT2D eigenvalue weighted by molar-refractivity contribution is -0.387. The molecule has 0 unspecified atom stereocenters. The van der Waals surface area contributed by atoms with Crippen molar-refractivity contribution in [2.24, 2.45) is 7.05 Å². The molecule has 4 rings (SSSR count). The van der Waals surface area contributed by atoms with Gasteiger partial charge in [-0.25, -0.2) is 8.42 Å². The summed E-state index contributed by atoms with van der Waals surface area (Å²) < 4.78 is 28.8. The third-order valence-electron chi connectivity index (χ3n) is 5.00. The standard InChI is InChI=1S/C19H20N6O4S2/c1-22-14-20-21-19(22)30-18-13-15(7-8-17(18)25(26)27)23-9-11-24(12-10-23)31(28,29)16-5-3-2-4-6-16/h2-8,13-14H,9-12H2,1H3. The van der Waals surface area contributed by atoms with Gasteiger partial charge in [-0.3, -0.25) is 10.1 Å². The maximum atomic E-state index is 12.8. The summed E-state index contributed by atoms with van der Waals surface area (Å²) in [6.45, 7) is 1.63. The van der Waals surface area contributed by atoms with E-state index >= 15 is 0 Å². The minimum Gasteiger partial charge on any atom is -0.369 e. The molecule has 31 heavy (non-hydrogen) atoms. The van der Waals surface area contributed by atoms with Gasteiger partial charge in [0.25, 0.3) is 5.69 Å². The van der Waals surface area contributed by atoms with Crippen molar-refractivity contribution in [2.45, 2.75) is 14.9 Å². The molecule has 0 atom stereocenters. The quantitative estimate of drug-likeness (QED) is 0.407. The molecule has 162 valence electrons. The highest BCUT2D eigenvalue weighted by molar-refractivity contribution is 7.99. The number of hydrogen-bond acceptors (Lipinski definition) is 8. The molecule has 1 aliphatic heterocycles. The Morgan fingerprint density at radius 3 is 2.39 bits per heavy atom. The Bertz CT molecular complexity index is 1190. The molecule has 1 aliphatic rings. The molecule has 0 aliphatic carbocycles. The number of benzene rings is 2. The van der Waals surface area contributed by atoms with E-state index in [1.54, 1.807) is 54.1 Å². The van der Waals surface area contributed by atoms with Crippen LogP contribution in [0.25, 0.3) is 0 Å². The van der Waals surface area contributed by atoms with E-state index in [1.165, 1.54) is 28.5 Å². The van der Waals surface area contributed by atoms with Crippen LogP contribution in [0.1, 0.15) is 0 Å². The molecule has 10 nitrogen and oxygen atoms in total. The first-order chi connectivity index (χ1) is 14.9. The molecule has 0 radical (unpaired) electrons. The molecule has 1 saturated heterocycles. The third-order valence-corrected chi connectivity index (χ3v) is 8.01. The molecule has 1 aromatic heterocycles. The topological polar surface area (TPSA) is 114 Å². The number of hydrogen-bond donors (Lipinski definition) is 0. The van der Waals surface area contributed by atoms with E-state index in [0.717, 1.165) is 5.69 Å². The summed E-state index contributed by atoms with van der Waals surface area (Å²) in [6, 6.07) is 13.3. The summed E-state index contributed by atoms with van der Waals surface area (Å²) in [7, 11) is -1.77. The SMILES string of the molecule is Cn1cnnc1Sc1cc(N2CCN(S(=O)(=O)c3ccccc3)CC2)ccc1[N+](=O)[O-]. The summed E-state index contributed by atoms with van der Waals surface area (Å²) >= 11 is 1.17. The fraction of sp³-hybridized carbons (Fsp3) is 0.263. The maximum Gasteiger partial charge on any atom is 0.283 e. The number of nitro benzene ring substituents is 1. The Hall–Kier alpha value is -2.96. The van der Waals surface area contributed by atoms with Gasteiger partial charge in [0.1, 0.15) is 6.33 Å². The molecule has 0 N–H and O–H groups in total. The van der Waals surface area contributed by atoms with E-state index in [0.29, 0.717) is 36.2 Å². The van der Waals surface area contributed by atoms with Gasteiger partial charge in [-0.15, -0.1) is 10.2 Å². The third kappa shape index (κ3) is 4.40. The van der Waals surface area contributed by atoms with Crippen LogP contribution >= 0.6 is 11.8 Å². The average molecular weight is 461 g/mol. The van der Waals surface area contributed by atoms with Crippen molar-refractivity contribution in [1.82, 2.24) is 19.1 Å². The molecular weight excluding hydrogens is 440 g/mol.